The van der Waals surface area contributed by atoms with Crippen LogP contribution in [-0.2, 0) is 0 Å². The zero-order valence-electron chi connectivity index (χ0n) is 10.3. The van der Waals surface area contributed by atoms with Crippen LogP contribution < -0.4 is 4.74 Å². The molecule has 0 aliphatic carbocycles. The van der Waals surface area contributed by atoms with Gasteiger partial charge in [-0.3, -0.25) is 4.79 Å². The second kappa shape index (κ2) is 5.93. The average Bonchev–Trinajstić information content (AvgIpc) is 2.47. The van der Waals surface area contributed by atoms with E-state index in [4.69, 9.17) is 10.00 Å². The number of para-hydroxylation sites is 1. The number of benzene rings is 2. The normalized spacial score (nSPS) is 9.85. The number of nitrogens with zero attached hydrogens (tertiary/aromatic N) is 1. The van der Waals surface area contributed by atoms with Gasteiger partial charge in [-0.05, 0) is 30.3 Å². The number of ketones is 1. The topological polar surface area (TPSA) is 50.1 Å². The predicted molar refractivity (Wildman–Crippen MR) is 67.3 cm³/mol. The molecule has 0 radical (unpaired) electrons. The minimum atomic E-state index is -0.812. The van der Waals surface area contributed by atoms with Crippen LogP contribution in [0.1, 0.15) is 15.9 Å². The van der Waals surface area contributed by atoms with E-state index in [-0.39, 0.29) is 16.9 Å². The van der Waals surface area contributed by atoms with Crippen molar-refractivity contribution in [2.75, 3.05) is 6.61 Å². The Hall–Kier alpha value is -2.74. The van der Waals surface area contributed by atoms with Gasteiger partial charge >= 0.3 is 0 Å². The number of Topliss-reactive ketones (excluding diaryl/α,β-unsaturated/α-hetero) is 1. The van der Waals surface area contributed by atoms with Crippen LogP contribution in [0.2, 0.25) is 0 Å². The third-order valence-corrected chi connectivity index (χ3v) is 2.60. The molecule has 2 rings (SSSR count). The lowest BCUT2D eigenvalue weighted by atomic mass is 10.1. The van der Waals surface area contributed by atoms with Crippen molar-refractivity contribution in [2.45, 2.75) is 0 Å². The molecule has 0 bridgehead atoms. The number of carbonyl (C=O) groups is 1. The van der Waals surface area contributed by atoms with Gasteiger partial charge in [-0.2, -0.15) is 5.26 Å². The molecule has 20 heavy (non-hydrogen) atoms. The van der Waals surface area contributed by atoms with Crippen molar-refractivity contribution in [1.29, 1.82) is 5.26 Å². The maximum atomic E-state index is 13.4. The van der Waals surface area contributed by atoms with Crippen molar-refractivity contribution < 1.29 is 18.3 Å². The van der Waals surface area contributed by atoms with Gasteiger partial charge in [0.2, 0.25) is 5.78 Å². The Balaban J connectivity index is 2.13. The van der Waals surface area contributed by atoms with Crippen LogP contribution in [0.3, 0.4) is 0 Å². The van der Waals surface area contributed by atoms with E-state index in [0.717, 1.165) is 18.2 Å². The molecule has 5 heteroatoms. The maximum absolute atomic E-state index is 13.4. The monoisotopic (exact) mass is 273 g/mol. The number of carbonyl (C=O) groups excluding carboxylic acids is 1. The third-order valence-electron chi connectivity index (χ3n) is 2.60. The largest absolute Gasteiger partial charge is 0.484 e. The van der Waals surface area contributed by atoms with E-state index >= 15 is 0 Å². The molecular weight excluding hydrogens is 264 g/mol. The Bertz CT molecular complexity index is 693. The minimum Gasteiger partial charge on any atom is -0.484 e. The standard InChI is InChI=1S/C15H9F2NO2/c16-11-5-6-13(17)12(7-11)14(19)9-20-15-4-2-1-3-10(15)8-18/h1-7H,9H2. The van der Waals surface area contributed by atoms with E-state index in [0.29, 0.717) is 0 Å². The Morgan fingerprint density at radius 2 is 1.95 bits per heavy atom. The highest BCUT2D eigenvalue weighted by molar-refractivity contribution is 5.97. The zero-order valence-corrected chi connectivity index (χ0v) is 10.3. The molecule has 0 atom stereocenters. The summed E-state index contributed by atoms with van der Waals surface area (Å²) in [5, 5.41) is 8.86. The van der Waals surface area contributed by atoms with E-state index in [1.54, 1.807) is 12.1 Å². The fraction of sp³-hybridized carbons (Fsp3) is 0.0667. The highest BCUT2D eigenvalue weighted by atomic mass is 19.1. The third kappa shape index (κ3) is 2.98. The van der Waals surface area contributed by atoms with Crippen molar-refractivity contribution in [2.24, 2.45) is 0 Å². The first kappa shape index (κ1) is 13.7. The predicted octanol–water partition coefficient (Wildman–Crippen LogP) is 3.10. The Morgan fingerprint density at radius 1 is 1.20 bits per heavy atom. The molecule has 0 aromatic heterocycles. The smallest absolute Gasteiger partial charge is 0.203 e. The molecule has 0 spiro atoms. The lowest BCUT2D eigenvalue weighted by Crippen LogP contribution is -2.14. The van der Waals surface area contributed by atoms with Crippen LogP contribution in [0.15, 0.2) is 42.5 Å². The van der Waals surface area contributed by atoms with E-state index < -0.39 is 24.0 Å². The second-order valence-electron chi connectivity index (χ2n) is 3.94. The van der Waals surface area contributed by atoms with Gasteiger partial charge in [0.05, 0.1) is 11.1 Å². The van der Waals surface area contributed by atoms with Gasteiger partial charge in [0.25, 0.3) is 0 Å². The van der Waals surface area contributed by atoms with Crippen LogP contribution in [0, 0.1) is 23.0 Å². The minimum absolute atomic E-state index is 0.222. The summed E-state index contributed by atoms with van der Waals surface area (Å²) in [6.07, 6.45) is 0. The first-order valence-corrected chi connectivity index (χ1v) is 5.72. The Labute approximate surface area is 114 Å². The summed E-state index contributed by atoms with van der Waals surface area (Å²) in [6.45, 7) is -0.473. The molecule has 0 amide bonds. The maximum Gasteiger partial charge on any atom is 0.203 e. The number of nitriles is 1. The van der Waals surface area contributed by atoms with Gasteiger partial charge in [-0.15, -0.1) is 0 Å². The fourth-order valence-electron chi connectivity index (χ4n) is 1.62. The molecule has 3 nitrogen and oxygen atoms in total. The highest BCUT2D eigenvalue weighted by Gasteiger charge is 2.14. The molecule has 0 saturated heterocycles. The molecule has 0 N–H and O–H groups in total. The van der Waals surface area contributed by atoms with Gasteiger partial charge < -0.3 is 4.74 Å². The lowest BCUT2D eigenvalue weighted by Gasteiger charge is -2.07. The molecular formula is C15H9F2NO2. The summed E-state index contributed by atoms with van der Waals surface area (Å²) in [5.74, 6) is -1.99. The van der Waals surface area contributed by atoms with Crippen LogP contribution in [0.5, 0.6) is 5.75 Å². The van der Waals surface area contributed by atoms with Crippen molar-refractivity contribution in [3.63, 3.8) is 0 Å². The van der Waals surface area contributed by atoms with Gasteiger partial charge in [0.1, 0.15) is 23.5 Å². The van der Waals surface area contributed by atoms with Crippen molar-refractivity contribution in [3.05, 3.63) is 65.2 Å². The first-order chi connectivity index (χ1) is 9.61. The molecule has 2 aromatic carbocycles. The summed E-state index contributed by atoms with van der Waals surface area (Å²) in [4.78, 5) is 11.8. The summed E-state index contributed by atoms with van der Waals surface area (Å²) >= 11 is 0. The molecule has 0 fully saturated rings. The summed E-state index contributed by atoms with van der Waals surface area (Å²) in [6, 6.07) is 10.9. The van der Waals surface area contributed by atoms with E-state index in [2.05, 4.69) is 0 Å². The molecule has 2 aromatic rings. The van der Waals surface area contributed by atoms with Crippen molar-refractivity contribution in [3.8, 4) is 11.8 Å². The van der Waals surface area contributed by atoms with Gasteiger partial charge in [0, 0.05) is 0 Å². The molecule has 0 heterocycles. The van der Waals surface area contributed by atoms with Crippen LogP contribution in [0.4, 0.5) is 8.78 Å². The number of hydrogen-bond donors (Lipinski definition) is 0. The Kier molecular flexibility index (Phi) is 4.06. The summed E-state index contributed by atoms with van der Waals surface area (Å²) < 4.78 is 31.6. The molecule has 0 aliphatic rings. The van der Waals surface area contributed by atoms with Gasteiger partial charge in [0.15, 0.2) is 6.61 Å². The average molecular weight is 273 g/mol. The Morgan fingerprint density at radius 3 is 2.70 bits per heavy atom. The molecule has 0 aliphatic heterocycles. The van der Waals surface area contributed by atoms with E-state index in [1.165, 1.54) is 12.1 Å². The van der Waals surface area contributed by atoms with Crippen LogP contribution in [0.25, 0.3) is 0 Å². The van der Waals surface area contributed by atoms with Crippen LogP contribution in [-0.4, -0.2) is 12.4 Å². The van der Waals surface area contributed by atoms with Crippen molar-refractivity contribution >= 4 is 5.78 Å². The van der Waals surface area contributed by atoms with E-state index in [9.17, 15) is 13.6 Å². The van der Waals surface area contributed by atoms with Gasteiger partial charge in [-0.1, -0.05) is 12.1 Å². The number of rotatable bonds is 4. The highest BCUT2D eigenvalue weighted by Crippen LogP contribution is 2.17. The lowest BCUT2D eigenvalue weighted by molar-refractivity contribution is 0.0916. The number of ether oxygens (including phenoxy) is 1. The van der Waals surface area contributed by atoms with Crippen molar-refractivity contribution in [1.82, 2.24) is 0 Å². The molecule has 0 unspecified atom stereocenters. The fourth-order valence-corrected chi connectivity index (χ4v) is 1.62. The first-order valence-electron chi connectivity index (χ1n) is 5.72. The SMILES string of the molecule is N#Cc1ccccc1OCC(=O)c1cc(F)ccc1F. The second-order valence-corrected chi connectivity index (χ2v) is 3.94. The molecule has 0 saturated carbocycles. The quantitative estimate of drug-likeness (QED) is 0.804. The number of hydrogen-bond acceptors (Lipinski definition) is 3. The van der Waals surface area contributed by atoms with Crippen LogP contribution >= 0.6 is 0 Å². The summed E-state index contributed by atoms with van der Waals surface area (Å²) in [7, 11) is 0. The summed E-state index contributed by atoms with van der Waals surface area (Å²) in [5.41, 5.74) is -0.112. The van der Waals surface area contributed by atoms with Gasteiger partial charge in [-0.25, -0.2) is 8.78 Å². The number of halogens is 2. The molecule has 100 valence electrons. The zero-order chi connectivity index (χ0) is 14.5. The van der Waals surface area contributed by atoms with E-state index in [1.807, 2.05) is 6.07 Å².